The molecular formula is C21H25NO6. The van der Waals surface area contributed by atoms with Crippen LogP contribution in [0.25, 0.3) is 0 Å². The number of hydrogen-bond acceptors (Lipinski definition) is 6. The summed E-state index contributed by atoms with van der Waals surface area (Å²) in [6.45, 7) is 4.85. The number of carbonyl (C=O) groups is 2. The minimum absolute atomic E-state index is 0.0808. The highest BCUT2D eigenvalue weighted by atomic mass is 16.6. The first-order valence-electron chi connectivity index (χ1n) is 9.15. The molecule has 0 radical (unpaired) electrons. The van der Waals surface area contributed by atoms with E-state index < -0.39 is 11.9 Å². The lowest BCUT2D eigenvalue weighted by Gasteiger charge is -2.11. The van der Waals surface area contributed by atoms with Gasteiger partial charge in [-0.3, -0.25) is 9.59 Å². The predicted molar refractivity (Wildman–Crippen MR) is 104 cm³/mol. The lowest BCUT2D eigenvalue weighted by molar-refractivity contribution is -0.143. The molecule has 7 nitrogen and oxygen atoms in total. The molecule has 0 spiro atoms. The Labute approximate surface area is 164 Å². The molecular weight excluding hydrogens is 362 g/mol. The maximum Gasteiger partial charge on any atom is 0.325 e. The number of hydrogen-bond donors (Lipinski definition) is 1. The van der Waals surface area contributed by atoms with E-state index >= 15 is 0 Å². The van der Waals surface area contributed by atoms with Crippen LogP contribution in [0.1, 0.15) is 24.2 Å². The third kappa shape index (κ3) is 6.83. The quantitative estimate of drug-likeness (QED) is 0.472. The summed E-state index contributed by atoms with van der Waals surface area (Å²) in [4.78, 5) is 24.0. The number of para-hydroxylation sites is 1. The maximum absolute atomic E-state index is 12.2. The van der Waals surface area contributed by atoms with Crippen LogP contribution < -0.4 is 19.5 Å². The van der Waals surface area contributed by atoms with Gasteiger partial charge in [-0.25, -0.2) is 0 Å². The van der Waals surface area contributed by atoms with Crippen molar-refractivity contribution in [2.45, 2.75) is 13.8 Å². The topological polar surface area (TPSA) is 83.1 Å². The van der Waals surface area contributed by atoms with Gasteiger partial charge in [0.25, 0.3) is 5.91 Å². The minimum Gasteiger partial charge on any atom is -0.494 e. The Morgan fingerprint density at radius 3 is 2.14 bits per heavy atom. The molecule has 2 aromatic carbocycles. The monoisotopic (exact) mass is 387 g/mol. The number of rotatable bonds is 11. The molecule has 28 heavy (non-hydrogen) atoms. The SMILES string of the molecule is CCOc1ccc(OCCOC(=O)CNC(=O)c2ccccc2OCC)cc1. The van der Waals surface area contributed by atoms with Crippen molar-refractivity contribution < 1.29 is 28.5 Å². The van der Waals surface area contributed by atoms with E-state index in [4.69, 9.17) is 18.9 Å². The fourth-order valence-corrected chi connectivity index (χ4v) is 2.35. The number of amides is 1. The number of carbonyl (C=O) groups excluding carboxylic acids is 2. The number of esters is 1. The molecule has 150 valence electrons. The van der Waals surface area contributed by atoms with E-state index in [0.29, 0.717) is 30.3 Å². The van der Waals surface area contributed by atoms with Gasteiger partial charge in [-0.1, -0.05) is 12.1 Å². The van der Waals surface area contributed by atoms with Crippen molar-refractivity contribution >= 4 is 11.9 Å². The molecule has 2 aromatic rings. The molecule has 0 aliphatic heterocycles. The number of nitrogens with one attached hydrogen (secondary N) is 1. The number of ether oxygens (including phenoxy) is 4. The predicted octanol–water partition coefficient (Wildman–Crippen LogP) is 2.84. The van der Waals surface area contributed by atoms with Crippen LogP contribution in [0.15, 0.2) is 48.5 Å². The van der Waals surface area contributed by atoms with Crippen LogP contribution >= 0.6 is 0 Å². The zero-order valence-electron chi connectivity index (χ0n) is 16.1. The van der Waals surface area contributed by atoms with Gasteiger partial charge in [0.1, 0.15) is 37.0 Å². The molecule has 0 aliphatic carbocycles. The molecule has 0 aromatic heterocycles. The average Bonchev–Trinajstić information content (AvgIpc) is 2.71. The first-order chi connectivity index (χ1) is 13.6. The molecule has 0 saturated heterocycles. The summed E-state index contributed by atoms with van der Waals surface area (Å²) in [7, 11) is 0. The van der Waals surface area contributed by atoms with Crippen molar-refractivity contribution in [3.8, 4) is 17.2 Å². The summed E-state index contributed by atoms with van der Waals surface area (Å²) in [5.41, 5.74) is 0.371. The van der Waals surface area contributed by atoms with E-state index in [1.807, 2.05) is 13.8 Å². The van der Waals surface area contributed by atoms with Crippen LogP contribution in [0.2, 0.25) is 0 Å². The number of benzene rings is 2. The first kappa shape index (κ1) is 21.1. The molecule has 0 unspecified atom stereocenters. The highest BCUT2D eigenvalue weighted by Crippen LogP contribution is 2.18. The highest BCUT2D eigenvalue weighted by molar-refractivity contribution is 5.98. The van der Waals surface area contributed by atoms with Crippen molar-refractivity contribution in [3.05, 3.63) is 54.1 Å². The van der Waals surface area contributed by atoms with Gasteiger partial charge in [-0.05, 0) is 50.2 Å². The van der Waals surface area contributed by atoms with E-state index in [9.17, 15) is 9.59 Å². The molecule has 2 rings (SSSR count). The summed E-state index contributed by atoms with van der Waals surface area (Å²) in [5.74, 6) is 0.951. The summed E-state index contributed by atoms with van der Waals surface area (Å²) < 4.78 is 21.3. The summed E-state index contributed by atoms with van der Waals surface area (Å²) in [6.07, 6.45) is 0. The Hall–Kier alpha value is -3.22. The third-order valence-electron chi connectivity index (χ3n) is 3.57. The molecule has 1 amide bonds. The Bertz CT molecular complexity index is 760. The Morgan fingerprint density at radius 2 is 1.46 bits per heavy atom. The molecule has 0 fully saturated rings. The van der Waals surface area contributed by atoms with Crippen LogP contribution in [0.4, 0.5) is 0 Å². The van der Waals surface area contributed by atoms with Gasteiger partial charge in [0.15, 0.2) is 0 Å². The van der Waals surface area contributed by atoms with E-state index in [0.717, 1.165) is 5.75 Å². The summed E-state index contributed by atoms with van der Waals surface area (Å²) >= 11 is 0. The fraction of sp³-hybridized carbons (Fsp3) is 0.333. The van der Waals surface area contributed by atoms with Crippen molar-refractivity contribution in [1.29, 1.82) is 0 Å². The van der Waals surface area contributed by atoms with Crippen LogP contribution in [0, 0.1) is 0 Å². The minimum atomic E-state index is -0.544. The van der Waals surface area contributed by atoms with Gasteiger partial charge < -0.3 is 24.3 Å². The second kappa shape index (κ2) is 11.5. The Kier molecular flexibility index (Phi) is 8.65. The van der Waals surface area contributed by atoms with E-state index in [1.54, 1.807) is 48.5 Å². The van der Waals surface area contributed by atoms with E-state index in [-0.39, 0.29) is 19.8 Å². The highest BCUT2D eigenvalue weighted by Gasteiger charge is 2.13. The van der Waals surface area contributed by atoms with Crippen molar-refractivity contribution in [1.82, 2.24) is 5.32 Å². The standard InChI is InChI=1S/C21H25NO6/c1-3-25-16-9-11-17(12-10-16)27-13-14-28-20(23)15-22-21(24)18-7-5-6-8-19(18)26-4-2/h5-12H,3-4,13-15H2,1-2H3,(H,22,24). The second-order valence-corrected chi connectivity index (χ2v) is 5.59. The average molecular weight is 387 g/mol. The van der Waals surface area contributed by atoms with Gasteiger partial charge in [-0.2, -0.15) is 0 Å². The fourth-order valence-electron chi connectivity index (χ4n) is 2.35. The molecule has 1 N–H and O–H groups in total. The van der Waals surface area contributed by atoms with Crippen LogP contribution in [-0.4, -0.2) is 44.8 Å². The van der Waals surface area contributed by atoms with Crippen LogP contribution in [-0.2, 0) is 9.53 Å². The van der Waals surface area contributed by atoms with Crippen molar-refractivity contribution in [3.63, 3.8) is 0 Å². The van der Waals surface area contributed by atoms with Gasteiger partial charge in [0, 0.05) is 0 Å². The first-order valence-corrected chi connectivity index (χ1v) is 9.15. The van der Waals surface area contributed by atoms with Gasteiger partial charge in [0.05, 0.1) is 18.8 Å². The largest absolute Gasteiger partial charge is 0.494 e. The molecule has 0 heterocycles. The summed E-state index contributed by atoms with van der Waals surface area (Å²) in [5, 5.41) is 2.53. The van der Waals surface area contributed by atoms with Gasteiger partial charge in [-0.15, -0.1) is 0 Å². The van der Waals surface area contributed by atoms with Crippen LogP contribution in [0.3, 0.4) is 0 Å². The van der Waals surface area contributed by atoms with Gasteiger partial charge >= 0.3 is 5.97 Å². The lowest BCUT2D eigenvalue weighted by Crippen LogP contribution is -2.31. The molecule has 7 heteroatoms. The third-order valence-corrected chi connectivity index (χ3v) is 3.57. The zero-order valence-corrected chi connectivity index (χ0v) is 16.1. The zero-order chi connectivity index (χ0) is 20.2. The molecule has 0 atom stereocenters. The Balaban J connectivity index is 1.68. The van der Waals surface area contributed by atoms with Crippen LogP contribution in [0.5, 0.6) is 17.2 Å². The maximum atomic E-state index is 12.2. The molecule has 0 aliphatic rings. The normalized spacial score (nSPS) is 10.1. The lowest BCUT2D eigenvalue weighted by atomic mass is 10.2. The molecule has 0 bridgehead atoms. The van der Waals surface area contributed by atoms with E-state index in [1.165, 1.54) is 0 Å². The van der Waals surface area contributed by atoms with E-state index in [2.05, 4.69) is 5.32 Å². The Morgan fingerprint density at radius 1 is 0.821 bits per heavy atom. The smallest absolute Gasteiger partial charge is 0.325 e. The summed E-state index contributed by atoms with van der Waals surface area (Å²) in [6, 6.07) is 14.0. The van der Waals surface area contributed by atoms with Crippen molar-refractivity contribution in [2.75, 3.05) is 33.0 Å². The molecule has 0 saturated carbocycles. The van der Waals surface area contributed by atoms with Crippen molar-refractivity contribution in [2.24, 2.45) is 0 Å². The second-order valence-electron chi connectivity index (χ2n) is 5.59. The van der Waals surface area contributed by atoms with Gasteiger partial charge in [0.2, 0.25) is 0 Å².